The molecule has 2 atom stereocenters. The molecule has 0 spiro atoms. The summed E-state index contributed by atoms with van der Waals surface area (Å²) in [4.78, 5) is 13.3. The molecule has 35 heavy (non-hydrogen) atoms. The van der Waals surface area contributed by atoms with E-state index in [0.29, 0.717) is 29.0 Å². The Morgan fingerprint density at radius 3 is 2.31 bits per heavy atom. The van der Waals surface area contributed by atoms with E-state index in [9.17, 15) is 0 Å². The zero-order valence-electron chi connectivity index (χ0n) is 20.7. The van der Waals surface area contributed by atoms with E-state index in [1.807, 2.05) is 48.9 Å². The summed E-state index contributed by atoms with van der Waals surface area (Å²) < 4.78 is 16.7. The molecule has 1 aromatic carbocycles. The first-order valence-corrected chi connectivity index (χ1v) is 12.1. The SMILES string of the molecule is COc1cccc(OC)c1-n1c(NSC(C)C(C)c2cnc(C)cn2)nnc1-c1cncc(C)c1. The van der Waals surface area contributed by atoms with Gasteiger partial charge in [-0.15, -0.1) is 10.2 Å². The lowest BCUT2D eigenvalue weighted by Crippen LogP contribution is -2.14. The van der Waals surface area contributed by atoms with Gasteiger partial charge in [0, 0.05) is 41.5 Å². The summed E-state index contributed by atoms with van der Waals surface area (Å²) in [5.74, 6) is 2.60. The number of para-hydroxylation sites is 1. The minimum absolute atomic E-state index is 0.165. The molecule has 0 aliphatic carbocycles. The highest BCUT2D eigenvalue weighted by atomic mass is 32.2. The summed E-state index contributed by atoms with van der Waals surface area (Å²) in [5, 5.41) is 9.16. The molecule has 0 saturated carbocycles. The predicted molar refractivity (Wildman–Crippen MR) is 138 cm³/mol. The number of hydrogen-bond acceptors (Lipinski definition) is 9. The molecular weight excluding hydrogens is 462 g/mol. The van der Waals surface area contributed by atoms with Crippen molar-refractivity contribution in [1.29, 1.82) is 0 Å². The fraction of sp³-hybridized carbons (Fsp3) is 0.320. The number of ether oxygens (including phenoxy) is 2. The second kappa shape index (κ2) is 10.7. The zero-order chi connectivity index (χ0) is 24.9. The predicted octanol–water partition coefficient (Wildman–Crippen LogP) is 5.01. The van der Waals surface area contributed by atoms with Crippen LogP contribution in [0.1, 0.15) is 36.7 Å². The number of pyridine rings is 1. The molecule has 0 radical (unpaired) electrons. The van der Waals surface area contributed by atoms with Crippen molar-refractivity contribution >= 4 is 17.9 Å². The Bertz CT molecular complexity index is 1270. The van der Waals surface area contributed by atoms with E-state index in [2.05, 4.69) is 43.7 Å². The van der Waals surface area contributed by atoms with Crippen LogP contribution in [0.4, 0.5) is 5.95 Å². The molecular formula is C25H29N7O2S. The fourth-order valence-corrected chi connectivity index (χ4v) is 4.37. The molecule has 4 aromatic rings. The Balaban J connectivity index is 1.72. The number of nitrogens with zero attached hydrogens (tertiary/aromatic N) is 6. The second-order valence-corrected chi connectivity index (χ2v) is 9.42. The number of methoxy groups -OCH3 is 2. The van der Waals surface area contributed by atoms with Crippen LogP contribution in [-0.2, 0) is 0 Å². The van der Waals surface area contributed by atoms with Gasteiger partial charge < -0.3 is 9.47 Å². The summed E-state index contributed by atoms with van der Waals surface area (Å²) in [6, 6.07) is 7.67. The third-order valence-corrected chi connectivity index (χ3v) is 6.81. The number of rotatable bonds is 9. The summed E-state index contributed by atoms with van der Waals surface area (Å²) in [6.45, 7) is 8.20. The average molecular weight is 492 g/mol. The van der Waals surface area contributed by atoms with Crippen molar-refractivity contribution in [3.63, 3.8) is 0 Å². The summed E-state index contributed by atoms with van der Waals surface area (Å²) in [7, 11) is 3.26. The van der Waals surface area contributed by atoms with Crippen LogP contribution in [0.25, 0.3) is 17.1 Å². The van der Waals surface area contributed by atoms with Crippen LogP contribution in [0, 0.1) is 13.8 Å². The molecule has 4 rings (SSSR count). The van der Waals surface area contributed by atoms with Gasteiger partial charge in [0.15, 0.2) is 5.82 Å². The van der Waals surface area contributed by atoms with Gasteiger partial charge in [-0.1, -0.05) is 19.9 Å². The molecule has 9 nitrogen and oxygen atoms in total. The fourth-order valence-electron chi connectivity index (χ4n) is 3.60. The van der Waals surface area contributed by atoms with Gasteiger partial charge in [0.1, 0.15) is 17.2 Å². The van der Waals surface area contributed by atoms with E-state index in [0.717, 1.165) is 22.5 Å². The van der Waals surface area contributed by atoms with Crippen molar-refractivity contribution in [2.75, 3.05) is 18.9 Å². The molecule has 0 aliphatic rings. The smallest absolute Gasteiger partial charge is 0.239 e. The molecule has 0 fully saturated rings. The quantitative estimate of drug-likeness (QED) is 0.324. The van der Waals surface area contributed by atoms with Crippen molar-refractivity contribution in [3.05, 3.63) is 66.0 Å². The molecule has 0 bridgehead atoms. The van der Waals surface area contributed by atoms with Crippen LogP contribution < -0.4 is 14.2 Å². The summed E-state index contributed by atoms with van der Waals surface area (Å²) in [5.41, 5.74) is 4.40. The maximum atomic E-state index is 5.69. The highest BCUT2D eigenvalue weighted by Crippen LogP contribution is 2.38. The van der Waals surface area contributed by atoms with Crippen LogP contribution in [0.2, 0.25) is 0 Å². The first kappa shape index (κ1) is 24.5. The lowest BCUT2D eigenvalue weighted by atomic mass is 10.1. The van der Waals surface area contributed by atoms with Crippen molar-refractivity contribution in [3.8, 4) is 28.6 Å². The van der Waals surface area contributed by atoms with Crippen molar-refractivity contribution in [2.45, 2.75) is 38.9 Å². The number of aromatic nitrogens is 6. The molecule has 10 heteroatoms. The lowest BCUT2D eigenvalue weighted by Gasteiger charge is -2.21. The molecule has 3 heterocycles. The Kier molecular flexibility index (Phi) is 7.50. The number of nitrogens with one attached hydrogen (secondary N) is 1. The highest BCUT2D eigenvalue weighted by Gasteiger charge is 2.24. The van der Waals surface area contributed by atoms with Gasteiger partial charge in [0.2, 0.25) is 5.95 Å². The molecule has 0 aliphatic heterocycles. The number of hydrogen-bond donors (Lipinski definition) is 1. The number of aryl methyl sites for hydroxylation is 2. The average Bonchev–Trinajstić information content (AvgIpc) is 3.30. The third-order valence-electron chi connectivity index (χ3n) is 5.73. The largest absolute Gasteiger partial charge is 0.494 e. The standard InChI is InChI=1S/C25H29N7O2S/c1-15-10-19(13-26-11-15)24-29-30-25(32(24)23-21(33-5)8-7-9-22(23)34-6)31-35-18(4)17(3)20-14-27-16(2)12-28-20/h7-14,17-18H,1-6H3,(H,30,31). The molecule has 0 saturated heterocycles. The minimum Gasteiger partial charge on any atom is -0.494 e. The van der Waals surface area contributed by atoms with Gasteiger partial charge in [-0.05, 0) is 49.6 Å². The van der Waals surface area contributed by atoms with E-state index in [4.69, 9.17) is 9.47 Å². The van der Waals surface area contributed by atoms with Gasteiger partial charge in [-0.3, -0.25) is 24.2 Å². The molecule has 0 amide bonds. The van der Waals surface area contributed by atoms with Crippen LogP contribution >= 0.6 is 11.9 Å². The normalized spacial score (nSPS) is 12.7. The van der Waals surface area contributed by atoms with Crippen LogP contribution in [0.15, 0.2) is 49.1 Å². The van der Waals surface area contributed by atoms with Crippen molar-refractivity contribution in [1.82, 2.24) is 29.7 Å². The van der Waals surface area contributed by atoms with Gasteiger partial charge in [0.25, 0.3) is 0 Å². The Labute approximate surface area is 209 Å². The lowest BCUT2D eigenvalue weighted by molar-refractivity contribution is 0.391. The third kappa shape index (κ3) is 5.22. The maximum Gasteiger partial charge on any atom is 0.239 e. The maximum absolute atomic E-state index is 5.69. The van der Waals surface area contributed by atoms with Crippen LogP contribution in [-0.4, -0.2) is 49.2 Å². The van der Waals surface area contributed by atoms with Crippen molar-refractivity contribution < 1.29 is 9.47 Å². The van der Waals surface area contributed by atoms with E-state index in [1.54, 1.807) is 44.8 Å². The van der Waals surface area contributed by atoms with E-state index in [1.165, 1.54) is 0 Å². The molecule has 182 valence electrons. The van der Waals surface area contributed by atoms with E-state index in [-0.39, 0.29) is 11.2 Å². The first-order chi connectivity index (χ1) is 16.9. The molecule has 3 aromatic heterocycles. The summed E-state index contributed by atoms with van der Waals surface area (Å²) >= 11 is 1.55. The van der Waals surface area contributed by atoms with Crippen LogP contribution in [0.5, 0.6) is 11.5 Å². The minimum atomic E-state index is 0.165. The molecule has 1 N–H and O–H groups in total. The van der Waals surface area contributed by atoms with Crippen molar-refractivity contribution in [2.24, 2.45) is 0 Å². The monoisotopic (exact) mass is 491 g/mol. The first-order valence-electron chi connectivity index (χ1n) is 11.2. The van der Waals surface area contributed by atoms with Gasteiger partial charge in [-0.25, -0.2) is 0 Å². The molecule has 2 unspecified atom stereocenters. The highest BCUT2D eigenvalue weighted by molar-refractivity contribution is 8.01. The van der Waals surface area contributed by atoms with E-state index < -0.39 is 0 Å². The van der Waals surface area contributed by atoms with E-state index >= 15 is 0 Å². The zero-order valence-corrected chi connectivity index (χ0v) is 21.5. The van der Waals surface area contributed by atoms with Gasteiger partial charge >= 0.3 is 0 Å². The van der Waals surface area contributed by atoms with Crippen LogP contribution in [0.3, 0.4) is 0 Å². The van der Waals surface area contributed by atoms with Gasteiger partial charge in [0.05, 0.1) is 25.6 Å². The Morgan fingerprint density at radius 2 is 1.69 bits per heavy atom. The van der Waals surface area contributed by atoms with Gasteiger partial charge in [-0.2, -0.15) is 0 Å². The second-order valence-electron chi connectivity index (χ2n) is 8.24. The Hall–Kier alpha value is -3.66. The number of anilines is 1. The Morgan fingerprint density at radius 1 is 0.943 bits per heavy atom. The number of benzene rings is 1. The topological polar surface area (TPSA) is 99.9 Å². The summed E-state index contributed by atoms with van der Waals surface area (Å²) in [6.07, 6.45) is 7.21.